The van der Waals surface area contributed by atoms with Crippen molar-refractivity contribution in [2.45, 2.75) is 41.0 Å². The van der Waals surface area contributed by atoms with Crippen molar-refractivity contribution < 1.29 is 33.3 Å². The third kappa shape index (κ3) is 7.85. The SMILES string of the molecule is CCOC(=O)c1sc(NC(=O)/C=C/c2ccc(OCCC(C)C)c(OC)c2)c(C(=O)OCC)c1C. The number of carbonyl (C=O) groups excluding carboxylic acids is 3. The summed E-state index contributed by atoms with van der Waals surface area (Å²) in [7, 11) is 1.56. The van der Waals surface area contributed by atoms with Crippen LogP contribution >= 0.6 is 11.3 Å². The topological polar surface area (TPSA) is 100 Å². The van der Waals surface area contributed by atoms with E-state index >= 15 is 0 Å². The predicted molar refractivity (Wildman–Crippen MR) is 137 cm³/mol. The second-order valence-corrected chi connectivity index (χ2v) is 8.99. The Kier molecular flexibility index (Phi) is 10.8. The van der Waals surface area contributed by atoms with Gasteiger partial charge in [-0.25, -0.2) is 9.59 Å². The van der Waals surface area contributed by atoms with Crippen molar-refractivity contribution in [3.8, 4) is 11.5 Å². The lowest BCUT2D eigenvalue weighted by Gasteiger charge is -2.12. The van der Waals surface area contributed by atoms with Crippen molar-refractivity contribution in [2.75, 3.05) is 32.2 Å². The van der Waals surface area contributed by atoms with E-state index in [2.05, 4.69) is 19.2 Å². The van der Waals surface area contributed by atoms with Crippen LogP contribution in [0.5, 0.6) is 11.5 Å². The number of amides is 1. The molecule has 0 spiro atoms. The zero-order chi connectivity index (χ0) is 26.0. The standard InChI is InChI=1S/C26H33NO7S/c1-7-32-25(29)22-17(5)23(26(30)33-8-2)35-24(22)27-21(28)12-10-18-9-11-19(20(15-18)31-6)34-14-13-16(3)4/h9-12,15-16H,7-8,13-14H2,1-6H3,(H,27,28)/b12-10+. The van der Waals surface area contributed by atoms with Crippen LogP contribution in [0, 0.1) is 12.8 Å². The third-order valence-corrected chi connectivity index (χ3v) is 6.08. The second-order valence-electron chi connectivity index (χ2n) is 7.97. The summed E-state index contributed by atoms with van der Waals surface area (Å²) in [6.07, 6.45) is 3.88. The number of esters is 2. The fourth-order valence-corrected chi connectivity index (χ4v) is 4.17. The molecule has 1 amide bonds. The summed E-state index contributed by atoms with van der Waals surface area (Å²) in [4.78, 5) is 37.7. The van der Waals surface area contributed by atoms with Crippen molar-refractivity contribution >= 4 is 40.3 Å². The van der Waals surface area contributed by atoms with Crippen LogP contribution in [-0.4, -0.2) is 44.8 Å². The lowest BCUT2D eigenvalue weighted by molar-refractivity contribution is -0.111. The Labute approximate surface area is 210 Å². The van der Waals surface area contributed by atoms with Gasteiger partial charge >= 0.3 is 11.9 Å². The molecular weight excluding hydrogens is 470 g/mol. The Morgan fingerprint density at radius 3 is 2.37 bits per heavy atom. The van der Waals surface area contributed by atoms with E-state index in [0.717, 1.165) is 23.3 Å². The summed E-state index contributed by atoms with van der Waals surface area (Å²) in [6.45, 7) is 10.2. The molecular formula is C26H33NO7S. The summed E-state index contributed by atoms with van der Waals surface area (Å²) in [5.41, 5.74) is 1.28. The van der Waals surface area contributed by atoms with Crippen LogP contribution in [0.4, 0.5) is 5.00 Å². The second kappa shape index (κ2) is 13.5. The van der Waals surface area contributed by atoms with Crippen molar-refractivity contribution in [3.63, 3.8) is 0 Å². The summed E-state index contributed by atoms with van der Waals surface area (Å²) in [6, 6.07) is 5.38. The molecule has 0 atom stereocenters. The first-order valence-corrected chi connectivity index (χ1v) is 12.3. The molecule has 2 aromatic rings. The maximum absolute atomic E-state index is 12.6. The molecule has 1 N–H and O–H groups in total. The molecule has 1 aromatic carbocycles. The van der Waals surface area contributed by atoms with Gasteiger partial charge in [0.2, 0.25) is 5.91 Å². The fraction of sp³-hybridized carbons (Fsp3) is 0.423. The highest BCUT2D eigenvalue weighted by molar-refractivity contribution is 7.18. The highest BCUT2D eigenvalue weighted by Gasteiger charge is 2.27. The number of hydrogen-bond acceptors (Lipinski definition) is 8. The Balaban J connectivity index is 2.20. The lowest BCUT2D eigenvalue weighted by Crippen LogP contribution is -2.13. The number of nitrogens with one attached hydrogen (secondary N) is 1. The van der Waals surface area contributed by atoms with E-state index in [1.165, 1.54) is 6.08 Å². The average Bonchev–Trinajstić information content (AvgIpc) is 3.13. The maximum Gasteiger partial charge on any atom is 0.348 e. The molecule has 0 aliphatic carbocycles. The number of anilines is 1. The maximum atomic E-state index is 12.6. The van der Waals surface area contributed by atoms with Gasteiger partial charge in [0.05, 0.1) is 32.5 Å². The van der Waals surface area contributed by atoms with Crippen LogP contribution in [0.25, 0.3) is 6.08 Å². The van der Waals surface area contributed by atoms with E-state index in [9.17, 15) is 14.4 Å². The smallest absolute Gasteiger partial charge is 0.348 e. The average molecular weight is 504 g/mol. The van der Waals surface area contributed by atoms with Gasteiger partial charge in [-0.15, -0.1) is 11.3 Å². The molecule has 1 aromatic heterocycles. The van der Waals surface area contributed by atoms with Gasteiger partial charge in [-0.2, -0.15) is 0 Å². The molecule has 0 radical (unpaired) electrons. The molecule has 1 heterocycles. The summed E-state index contributed by atoms with van der Waals surface area (Å²) < 4.78 is 21.4. The Bertz CT molecular complexity index is 1070. The summed E-state index contributed by atoms with van der Waals surface area (Å²) >= 11 is 0.978. The van der Waals surface area contributed by atoms with Crippen LogP contribution in [0.3, 0.4) is 0 Å². The lowest BCUT2D eigenvalue weighted by atomic mass is 10.1. The minimum Gasteiger partial charge on any atom is -0.493 e. The highest BCUT2D eigenvalue weighted by atomic mass is 32.1. The summed E-state index contributed by atoms with van der Waals surface area (Å²) in [5.74, 6) is 0.0894. The molecule has 0 bridgehead atoms. The van der Waals surface area contributed by atoms with E-state index in [0.29, 0.717) is 29.6 Å². The van der Waals surface area contributed by atoms with E-state index in [-0.39, 0.29) is 28.7 Å². The number of thiophene rings is 1. The van der Waals surface area contributed by atoms with Crippen LogP contribution in [0.2, 0.25) is 0 Å². The minimum atomic E-state index is -0.617. The Morgan fingerprint density at radius 2 is 1.74 bits per heavy atom. The van der Waals surface area contributed by atoms with E-state index in [1.807, 2.05) is 6.07 Å². The van der Waals surface area contributed by atoms with Crippen molar-refractivity contribution in [2.24, 2.45) is 5.92 Å². The van der Waals surface area contributed by atoms with Gasteiger partial charge in [-0.05, 0) is 62.4 Å². The monoisotopic (exact) mass is 503 g/mol. The number of hydrogen-bond donors (Lipinski definition) is 1. The molecule has 0 saturated carbocycles. The van der Waals surface area contributed by atoms with Gasteiger partial charge in [0.25, 0.3) is 0 Å². The number of rotatable bonds is 12. The van der Waals surface area contributed by atoms with E-state index < -0.39 is 17.8 Å². The first kappa shape index (κ1) is 27.9. The minimum absolute atomic E-state index is 0.145. The van der Waals surface area contributed by atoms with Crippen molar-refractivity contribution in [1.29, 1.82) is 0 Å². The number of ether oxygens (including phenoxy) is 4. The van der Waals surface area contributed by atoms with Gasteiger partial charge in [0, 0.05) is 6.08 Å². The number of benzene rings is 1. The molecule has 2 rings (SSSR count). The Hall–Kier alpha value is -3.33. The van der Waals surface area contributed by atoms with E-state index in [4.69, 9.17) is 18.9 Å². The quantitative estimate of drug-likeness (QED) is 0.302. The predicted octanol–water partition coefficient (Wildman–Crippen LogP) is 5.50. The summed E-state index contributed by atoms with van der Waals surface area (Å²) in [5, 5.41) is 2.91. The molecule has 0 fully saturated rings. The van der Waals surface area contributed by atoms with Gasteiger partial charge in [-0.1, -0.05) is 19.9 Å². The normalized spacial score (nSPS) is 10.9. The van der Waals surface area contributed by atoms with Crippen molar-refractivity contribution in [3.05, 3.63) is 45.8 Å². The van der Waals surface area contributed by atoms with Crippen molar-refractivity contribution in [1.82, 2.24) is 0 Å². The van der Waals surface area contributed by atoms with Gasteiger partial charge in [-0.3, -0.25) is 4.79 Å². The zero-order valence-electron chi connectivity index (χ0n) is 21.1. The fourth-order valence-electron chi connectivity index (χ4n) is 3.08. The number of carbonyl (C=O) groups is 3. The van der Waals surface area contributed by atoms with Crippen LogP contribution < -0.4 is 14.8 Å². The molecule has 0 aliphatic rings. The first-order chi connectivity index (χ1) is 16.7. The van der Waals surface area contributed by atoms with E-state index in [1.54, 1.807) is 46.1 Å². The van der Waals surface area contributed by atoms with Crippen LogP contribution in [-0.2, 0) is 14.3 Å². The molecule has 9 heteroatoms. The molecule has 0 unspecified atom stereocenters. The first-order valence-electron chi connectivity index (χ1n) is 11.5. The molecule has 0 saturated heterocycles. The number of methoxy groups -OCH3 is 1. The van der Waals surface area contributed by atoms with Crippen LogP contribution in [0.15, 0.2) is 24.3 Å². The van der Waals surface area contributed by atoms with Gasteiger partial charge in [0.15, 0.2) is 11.5 Å². The van der Waals surface area contributed by atoms with Crippen LogP contribution in [0.1, 0.15) is 65.3 Å². The highest BCUT2D eigenvalue weighted by Crippen LogP contribution is 2.34. The largest absolute Gasteiger partial charge is 0.493 e. The van der Waals surface area contributed by atoms with Gasteiger partial charge in [0.1, 0.15) is 9.88 Å². The Morgan fingerprint density at radius 1 is 1.06 bits per heavy atom. The zero-order valence-corrected chi connectivity index (χ0v) is 21.9. The third-order valence-electron chi connectivity index (χ3n) is 4.89. The molecule has 190 valence electrons. The van der Waals surface area contributed by atoms with Gasteiger partial charge < -0.3 is 24.3 Å². The molecule has 35 heavy (non-hydrogen) atoms. The molecule has 0 aliphatic heterocycles. The molecule has 8 nitrogen and oxygen atoms in total.